The molecule has 1 N–H and O–H groups in total. The maximum Gasteiger partial charge on any atom is 0.305 e. The Morgan fingerprint density at radius 3 is 2.81 bits per heavy atom. The Labute approximate surface area is 93.8 Å². The van der Waals surface area contributed by atoms with Crippen LogP contribution < -0.4 is 0 Å². The van der Waals surface area contributed by atoms with Crippen LogP contribution in [0.3, 0.4) is 0 Å². The third kappa shape index (κ3) is 2.81. The summed E-state index contributed by atoms with van der Waals surface area (Å²) in [6, 6.07) is 9.55. The van der Waals surface area contributed by atoms with E-state index in [0.717, 1.165) is 5.56 Å². The normalized spacial score (nSPS) is 25.2. The zero-order valence-corrected chi connectivity index (χ0v) is 8.83. The van der Waals surface area contributed by atoms with Crippen molar-refractivity contribution in [2.75, 3.05) is 6.61 Å². The minimum Gasteiger partial charge on any atom is -0.481 e. The Morgan fingerprint density at radius 2 is 2.12 bits per heavy atom. The molecule has 2 atom stereocenters. The van der Waals surface area contributed by atoms with Crippen molar-refractivity contribution in [3.05, 3.63) is 35.9 Å². The molecule has 0 aliphatic carbocycles. The molecule has 86 valence electrons. The van der Waals surface area contributed by atoms with E-state index in [1.54, 1.807) is 0 Å². The standard InChI is InChI=1S/C12H14O4/c13-11(14)8-10-6-7-15-12(16-10)9-4-2-1-3-5-9/h1-5,10,12H,6-8H2,(H,13,14). The lowest BCUT2D eigenvalue weighted by atomic mass is 10.1. The monoisotopic (exact) mass is 222 g/mol. The highest BCUT2D eigenvalue weighted by molar-refractivity contribution is 5.67. The van der Waals surface area contributed by atoms with Crippen LogP contribution in [0.5, 0.6) is 0 Å². The summed E-state index contributed by atoms with van der Waals surface area (Å²) in [5.74, 6) is -0.835. The summed E-state index contributed by atoms with van der Waals surface area (Å²) in [6.07, 6.45) is -0.0155. The third-order valence-corrected chi connectivity index (χ3v) is 2.50. The van der Waals surface area contributed by atoms with Crippen LogP contribution >= 0.6 is 0 Å². The van der Waals surface area contributed by atoms with Gasteiger partial charge >= 0.3 is 5.97 Å². The number of rotatable bonds is 3. The fraction of sp³-hybridized carbons (Fsp3) is 0.417. The van der Waals surface area contributed by atoms with E-state index in [4.69, 9.17) is 14.6 Å². The lowest BCUT2D eigenvalue weighted by Crippen LogP contribution is -2.28. The van der Waals surface area contributed by atoms with Crippen molar-refractivity contribution in [2.24, 2.45) is 0 Å². The van der Waals surface area contributed by atoms with Crippen molar-refractivity contribution in [3.8, 4) is 0 Å². The van der Waals surface area contributed by atoms with E-state index in [-0.39, 0.29) is 12.5 Å². The van der Waals surface area contributed by atoms with Gasteiger partial charge in [0.1, 0.15) is 0 Å². The molecule has 1 aliphatic heterocycles. The van der Waals surface area contributed by atoms with Gasteiger partial charge in [-0.05, 0) is 6.42 Å². The first kappa shape index (κ1) is 11.1. The number of carboxylic acid groups (broad SMARTS) is 1. The molecule has 1 aromatic rings. The molecular weight excluding hydrogens is 208 g/mol. The fourth-order valence-corrected chi connectivity index (χ4v) is 1.72. The predicted octanol–water partition coefficient (Wildman–Crippen LogP) is 1.97. The van der Waals surface area contributed by atoms with Crippen molar-refractivity contribution in [1.29, 1.82) is 0 Å². The Balaban J connectivity index is 1.99. The van der Waals surface area contributed by atoms with E-state index < -0.39 is 12.3 Å². The maximum absolute atomic E-state index is 10.6. The number of benzene rings is 1. The molecule has 4 nitrogen and oxygen atoms in total. The number of aliphatic carboxylic acids is 1. The van der Waals surface area contributed by atoms with Gasteiger partial charge in [-0.2, -0.15) is 0 Å². The van der Waals surface area contributed by atoms with Gasteiger partial charge in [0.2, 0.25) is 0 Å². The molecule has 0 spiro atoms. The second-order valence-electron chi connectivity index (χ2n) is 3.76. The minimum absolute atomic E-state index is 0.0344. The fourth-order valence-electron chi connectivity index (χ4n) is 1.72. The number of carboxylic acids is 1. The first-order valence-electron chi connectivity index (χ1n) is 5.29. The molecule has 4 heteroatoms. The van der Waals surface area contributed by atoms with E-state index in [1.807, 2.05) is 30.3 Å². The van der Waals surface area contributed by atoms with Crippen molar-refractivity contribution < 1.29 is 19.4 Å². The van der Waals surface area contributed by atoms with Crippen molar-refractivity contribution in [3.63, 3.8) is 0 Å². The summed E-state index contributed by atoms with van der Waals surface area (Å²) in [6.45, 7) is 0.539. The Kier molecular flexibility index (Phi) is 3.54. The van der Waals surface area contributed by atoms with Crippen LogP contribution in [0.4, 0.5) is 0 Å². The van der Waals surface area contributed by atoms with Crippen LogP contribution in [0.25, 0.3) is 0 Å². The van der Waals surface area contributed by atoms with Crippen LogP contribution in [0, 0.1) is 0 Å². The van der Waals surface area contributed by atoms with Crippen LogP contribution in [0.1, 0.15) is 24.7 Å². The molecule has 2 rings (SSSR count). The number of hydrogen-bond donors (Lipinski definition) is 1. The molecule has 1 fully saturated rings. The molecule has 0 amide bonds. The van der Waals surface area contributed by atoms with Gasteiger partial charge in [0.05, 0.1) is 19.1 Å². The molecule has 0 aromatic heterocycles. The van der Waals surface area contributed by atoms with Crippen molar-refractivity contribution in [2.45, 2.75) is 25.2 Å². The van der Waals surface area contributed by atoms with Crippen LogP contribution in [0.2, 0.25) is 0 Å². The highest BCUT2D eigenvalue weighted by Crippen LogP contribution is 2.27. The quantitative estimate of drug-likeness (QED) is 0.849. The predicted molar refractivity (Wildman–Crippen MR) is 56.9 cm³/mol. The van der Waals surface area contributed by atoms with Gasteiger partial charge in [-0.15, -0.1) is 0 Å². The largest absolute Gasteiger partial charge is 0.481 e. The molecule has 1 heterocycles. The average Bonchev–Trinajstić information content (AvgIpc) is 2.30. The molecule has 0 radical (unpaired) electrons. The van der Waals surface area contributed by atoms with Gasteiger partial charge < -0.3 is 14.6 Å². The summed E-state index contributed by atoms with van der Waals surface area (Å²) in [7, 11) is 0. The lowest BCUT2D eigenvalue weighted by Gasteiger charge is -2.29. The summed E-state index contributed by atoms with van der Waals surface area (Å²) in [5.41, 5.74) is 0.928. The van der Waals surface area contributed by atoms with E-state index >= 15 is 0 Å². The minimum atomic E-state index is -0.835. The molecule has 1 aliphatic rings. The van der Waals surface area contributed by atoms with Gasteiger partial charge in [-0.1, -0.05) is 30.3 Å². The highest BCUT2D eigenvalue weighted by atomic mass is 16.7. The SMILES string of the molecule is O=C(O)CC1CCOC(c2ccccc2)O1. The van der Waals surface area contributed by atoms with Crippen LogP contribution in [-0.4, -0.2) is 23.8 Å². The Bertz CT molecular complexity index is 349. The van der Waals surface area contributed by atoms with Gasteiger partial charge in [0.25, 0.3) is 0 Å². The van der Waals surface area contributed by atoms with Crippen molar-refractivity contribution in [1.82, 2.24) is 0 Å². The van der Waals surface area contributed by atoms with Gasteiger partial charge in [-0.3, -0.25) is 4.79 Å². The zero-order valence-electron chi connectivity index (χ0n) is 8.83. The molecule has 2 unspecified atom stereocenters. The van der Waals surface area contributed by atoms with Crippen molar-refractivity contribution >= 4 is 5.97 Å². The van der Waals surface area contributed by atoms with E-state index in [1.165, 1.54) is 0 Å². The first-order valence-corrected chi connectivity index (χ1v) is 5.29. The molecule has 16 heavy (non-hydrogen) atoms. The van der Waals surface area contributed by atoms with Crippen LogP contribution in [0.15, 0.2) is 30.3 Å². The second-order valence-corrected chi connectivity index (χ2v) is 3.76. The van der Waals surface area contributed by atoms with Gasteiger partial charge in [0.15, 0.2) is 6.29 Å². The summed E-state index contributed by atoms with van der Waals surface area (Å²) < 4.78 is 11.0. The molecular formula is C12H14O4. The van der Waals surface area contributed by atoms with E-state index in [2.05, 4.69) is 0 Å². The zero-order chi connectivity index (χ0) is 11.4. The molecule has 0 saturated carbocycles. The summed E-state index contributed by atoms with van der Waals surface area (Å²) in [5, 5.41) is 8.70. The van der Waals surface area contributed by atoms with E-state index in [0.29, 0.717) is 13.0 Å². The van der Waals surface area contributed by atoms with Crippen LogP contribution in [-0.2, 0) is 14.3 Å². The lowest BCUT2D eigenvalue weighted by molar-refractivity contribution is -0.219. The summed E-state index contributed by atoms with van der Waals surface area (Å²) >= 11 is 0. The topological polar surface area (TPSA) is 55.8 Å². The van der Waals surface area contributed by atoms with Gasteiger partial charge in [-0.25, -0.2) is 0 Å². The number of hydrogen-bond acceptors (Lipinski definition) is 3. The highest BCUT2D eigenvalue weighted by Gasteiger charge is 2.25. The average molecular weight is 222 g/mol. The first-order chi connectivity index (χ1) is 7.75. The molecule has 0 bridgehead atoms. The molecule has 1 saturated heterocycles. The smallest absolute Gasteiger partial charge is 0.305 e. The second kappa shape index (κ2) is 5.09. The third-order valence-electron chi connectivity index (χ3n) is 2.50. The van der Waals surface area contributed by atoms with Gasteiger partial charge in [0, 0.05) is 5.56 Å². The Hall–Kier alpha value is -1.39. The molecule has 1 aromatic carbocycles. The van der Waals surface area contributed by atoms with E-state index in [9.17, 15) is 4.79 Å². The Morgan fingerprint density at radius 1 is 1.38 bits per heavy atom. The number of ether oxygens (including phenoxy) is 2. The summed E-state index contributed by atoms with van der Waals surface area (Å²) in [4.78, 5) is 10.6. The maximum atomic E-state index is 10.6. The number of carbonyl (C=O) groups is 1.